The minimum absolute atomic E-state index is 0.0747. The summed E-state index contributed by atoms with van der Waals surface area (Å²) in [6.45, 7) is 6.39. The minimum Gasteiger partial charge on any atom is -0.435 e. The molecule has 0 saturated carbocycles. The van der Waals surface area contributed by atoms with Crippen LogP contribution in [-0.2, 0) is 11.3 Å². The average Bonchev–Trinajstić information content (AvgIpc) is 2.92. The van der Waals surface area contributed by atoms with Crippen molar-refractivity contribution in [3.63, 3.8) is 0 Å². The Morgan fingerprint density at radius 3 is 2.62 bits per heavy atom. The van der Waals surface area contributed by atoms with Crippen LogP contribution in [0.3, 0.4) is 0 Å². The van der Waals surface area contributed by atoms with E-state index in [1.54, 1.807) is 12.1 Å². The second kappa shape index (κ2) is 8.14. The highest BCUT2D eigenvalue weighted by molar-refractivity contribution is 5.29. The molecule has 0 radical (unpaired) electrons. The van der Waals surface area contributed by atoms with Crippen LogP contribution >= 0.6 is 0 Å². The van der Waals surface area contributed by atoms with Gasteiger partial charge in [-0.25, -0.2) is 0 Å². The van der Waals surface area contributed by atoms with Crippen molar-refractivity contribution in [2.45, 2.75) is 46.1 Å². The molecular formula is C19H25F2N3O2. The third-order valence-corrected chi connectivity index (χ3v) is 4.79. The summed E-state index contributed by atoms with van der Waals surface area (Å²) in [5, 5.41) is 4.51. The largest absolute Gasteiger partial charge is 0.435 e. The van der Waals surface area contributed by atoms with E-state index in [9.17, 15) is 8.78 Å². The van der Waals surface area contributed by atoms with Gasteiger partial charge in [0.2, 0.25) is 0 Å². The summed E-state index contributed by atoms with van der Waals surface area (Å²) in [6, 6.07) is 9.09. The van der Waals surface area contributed by atoms with Crippen LogP contribution in [0, 0.1) is 13.8 Å². The van der Waals surface area contributed by atoms with Gasteiger partial charge in [-0.3, -0.25) is 9.58 Å². The third kappa shape index (κ3) is 4.59. The summed E-state index contributed by atoms with van der Waals surface area (Å²) >= 11 is 0. The molecule has 1 aliphatic rings. The summed E-state index contributed by atoms with van der Waals surface area (Å²) in [5.41, 5.74) is 3.21. The van der Waals surface area contributed by atoms with Gasteiger partial charge >= 0.3 is 6.61 Å². The van der Waals surface area contributed by atoms with Gasteiger partial charge in [-0.1, -0.05) is 12.1 Å². The van der Waals surface area contributed by atoms with E-state index in [0.29, 0.717) is 6.61 Å². The van der Waals surface area contributed by atoms with Gasteiger partial charge in [-0.05, 0) is 44.5 Å². The van der Waals surface area contributed by atoms with E-state index in [1.165, 1.54) is 0 Å². The highest BCUT2D eigenvalue weighted by Crippen LogP contribution is 2.25. The quantitative estimate of drug-likeness (QED) is 0.785. The van der Waals surface area contributed by atoms with Crippen molar-refractivity contribution in [3.8, 4) is 5.75 Å². The molecule has 142 valence electrons. The van der Waals surface area contributed by atoms with Gasteiger partial charge in [0.1, 0.15) is 5.75 Å². The number of rotatable bonds is 6. The smallest absolute Gasteiger partial charge is 0.387 e. The molecule has 2 unspecified atom stereocenters. The molecule has 5 nitrogen and oxygen atoms in total. The highest BCUT2D eigenvalue weighted by Gasteiger charge is 2.26. The number of halogens is 2. The topological polar surface area (TPSA) is 39.5 Å². The summed E-state index contributed by atoms with van der Waals surface area (Å²) in [6.07, 6.45) is 0.0747. The summed E-state index contributed by atoms with van der Waals surface area (Å²) in [5.74, 6) is 0.181. The zero-order valence-corrected chi connectivity index (χ0v) is 15.4. The fraction of sp³-hybridized carbons (Fsp3) is 0.526. The Kier molecular flexibility index (Phi) is 5.88. The Morgan fingerprint density at radius 1 is 1.27 bits per heavy atom. The van der Waals surface area contributed by atoms with Crippen LogP contribution in [0.15, 0.2) is 30.3 Å². The van der Waals surface area contributed by atoms with E-state index in [2.05, 4.69) is 27.7 Å². The lowest BCUT2D eigenvalue weighted by Crippen LogP contribution is -2.45. The van der Waals surface area contributed by atoms with Crippen molar-refractivity contribution >= 4 is 0 Å². The van der Waals surface area contributed by atoms with Crippen LogP contribution in [0.25, 0.3) is 0 Å². The molecule has 1 aliphatic heterocycles. The van der Waals surface area contributed by atoms with Crippen LogP contribution < -0.4 is 4.74 Å². The Hall–Kier alpha value is -1.99. The fourth-order valence-electron chi connectivity index (χ4n) is 3.40. The first-order valence-corrected chi connectivity index (χ1v) is 8.84. The first-order chi connectivity index (χ1) is 12.4. The van der Waals surface area contributed by atoms with Gasteiger partial charge < -0.3 is 9.47 Å². The summed E-state index contributed by atoms with van der Waals surface area (Å²) in [7, 11) is 0. The van der Waals surface area contributed by atoms with Gasteiger partial charge in [0.15, 0.2) is 0 Å². The molecule has 3 rings (SSSR count). The average molecular weight is 365 g/mol. The number of alkyl halides is 2. The zero-order valence-electron chi connectivity index (χ0n) is 15.4. The van der Waals surface area contributed by atoms with Crippen LogP contribution in [0.5, 0.6) is 5.75 Å². The van der Waals surface area contributed by atoms with Gasteiger partial charge in [0.05, 0.1) is 24.9 Å². The lowest BCUT2D eigenvalue weighted by Gasteiger charge is -2.37. The van der Waals surface area contributed by atoms with E-state index >= 15 is 0 Å². The molecule has 0 amide bonds. The molecule has 2 heterocycles. The van der Waals surface area contributed by atoms with Crippen LogP contribution in [-0.4, -0.2) is 47.1 Å². The second-order valence-electron chi connectivity index (χ2n) is 6.72. The van der Waals surface area contributed by atoms with Gasteiger partial charge in [-0.15, -0.1) is 0 Å². The molecule has 1 aromatic carbocycles. The molecule has 2 atom stereocenters. The zero-order chi connectivity index (χ0) is 18.7. The molecule has 1 aromatic heterocycles. The molecule has 2 aromatic rings. The third-order valence-electron chi connectivity index (χ3n) is 4.79. The number of morpholine rings is 1. The molecule has 0 spiro atoms. The van der Waals surface area contributed by atoms with E-state index in [0.717, 1.165) is 36.6 Å². The summed E-state index contributed by atoms with van der Waals surface area (Å²) < 4.78 is 36.9. The van der Waals surface area contributed by atoms with Gasteiger partial charge in [0, 0.05) is 24.8 Å². The number of hydrogen-bond donors (Lipinski definition) is 0. The lowest BCUT2D eigenvalue weighted by atomic mass is 10.1. The lowest BCUT2D eigenvalue weighted by molar-refractivity contribution is -0.0511. The first kappa shape index (κ1) is 18.8. The van der Waals surface area contributed by atoms with Crippen molar-refractivity contribution in [2.75, 3.05) is 19.7 Å². The van der Waals surface area contributed by atoms with Gasteiger partial charge in [-0.2, -0.15) is 13.9 Å². The standard InChI is InChI=1S/C19H25F2N3O2/c1-13-10-14(2)24(22-13)12-18-11-23(8-9-25-18)15(3)16-4-6-17(7-5-16)26-19(20)21/h4-7,10,15,18-19H,8-9,11-12H2,1-3H3. The number of hydrogen-bond acceptors (Lipinski definition) is 4. The van der Waals surface area contributed by atoms with Crippen molar-refractivity contribution < 1.29 is 18.3 Å². The Balaban J connectivity index is 1.62. The molecule has 0 bridgehead atoms. The van der Waals surface area contributed by atoms with Crippen LogP contribution in [0.1, 0.15) is 29.9 Å². The number of ether oxygens (including phenoxy) is 2. The molecule has 1 saturated heterocycles. The SMILES string of the molecule is Cc1cc(C)n(CC2CN(C(C)c3ccc(OC(F)F)cc3)CCO2)n1. The number of nitrogens with zero attached hydrogens (tertiary/aromatic N) is 3. The van der Waals surface area contributed by atoms with Crippen molar-refractivity contribution in [3.05, 3.63) is 47.3 Å². The molecule has 0 aliphatic carbocycles. The van der Waals surface area contributed by atoms with Gasteiger partial charge in [0.25, 0.3) is 0 Å². The number of benzene rings is 1. The van der Waals surface area contributed by atoms with E-state index < -0.39 is 6.61 Å². The minimum atomic E-state index is -2.80. The maximum Gasteiger partial charge on any atom is 0.387 e. The predicted molar refractivity (Wildman–Crippen MR) is 94.5 cm³/mol. The van der Waals surface area contributed by atoms with Crippen molar-refractivity contribution in [1.29, 1.82) is 0 Å². The fourth-order valence-corrected chi connectivity index (χ4v) is 3.40. The predicted octanol–water partition coefficient (Wildman–Crippen LogP) is 3.56. The first-order valence-electron chi connectivity index (χ1n) is 8.84. The molecular weight excluding hydrogens is 340 g/mol. The number of aryl methyl sites for hydroxylation is 2. The normalized spacial score (nSPS) is 19.7. The highest BCUT2D eigenvalue weighted by atomic mass is 19.3. The molecule has 7 heteroatoms. The van der Waals surface area contributed by atoms with Crippen molar-refractivity contribution in [2.24, 2.45) is 0 Å². The molecule has 26 heavy (non-hydrogen) atoms. The molecule has 0 N–H and O–H groups in total. The Labute approximate surface area is 152 Å². The maximum atomic E-state index is 12.3. The molecule has 1 fully saturated rings. The summed E-state index contributed by atoms with van der Waals surface area (Å²) in [4.78, 5) is 2.35. The van der Waals surface area contributed by atoms with Crippen molar-refractivity contribution in [1.82, 2.24) is 14.7 Å². The van der Waals surface area contributed by atoms with Crippen LogP contribution in [0.4, 0.5) is 8.78 Å². The number of aromatic nitrogens is 2. The Morgan fingerprint density at radius 2 is 2.00 bits per heavy atom. The van der Waals surface area contributed by atoms with E-state index in [1.807, 2.05) is 30.7 Å². The maximum absolute atomic E-state index is 12.3. The second-order valence-corrected chi connectivity index (χ2v) is 6.72. The monoisotopic (exact) mass is 365 g/mol. The Bertz CT molecular complexity index is 718. The van der Waals surface area contributed by atoms with Crippen LogP contribution in [0.2, 0.25) is 0 Å². The van der Waals surface area contributed by atoms with E-state index in [4.69, 9.17) is 4.74 Å². The van der Waals surface area contributed by atoms with E-state index in [-0.39, 0.29) is 17.9 Å².